The highest BCUT2D eigenvalue weighted by atomic mass is 16.5. The van der Waals surface area contributed by atoms with Gasteiger partial charge in [-0.05, 0) is 113 Å². The first-order valence-electron chi connectivity index (χ1n) is 17.9. The van der Waals surface area contributed by atoms with Crippen LogP contribution in [0.15, 0.2) is 109 Å². The molecule has 0 atom stereocenters. The van der Waals surface area contributed by atoms with Gasteiger partial charge in [0.2, 0.25) is 0 Å². The fraction of sp³-hybridized carbons (Fsp3) is 0.302. The van der Waals surface area contributed by atoms with Crippen LogP contribution in [0.1, 0.15) is 77.6 Å². The number of carbonyl (C=O) groups excluding carboxylic acids is 4. The van der Waals surface area contributed by atoms with E-state index in [-0.39, 0.29) is 5.75 Å². The molecule has 0 saturated carbocycles. The number of hydrogen-bond acceptors (Lipinski definition) is 11. The van der Waals surface area contributed by atoms with Crippen LogP contribution in [0.25, 0.3) is 11.3 Å². The zero-order valence-electron chi connectivity index (χ0n) is 30.6. The van der Waals surface area contributed by atoms with E-state index in [1.54, 1.807) is 66.7 Å². The summed E-state index contributed by atoms with van der Waals surface area (Å²) in [4.78, 5) is 47.9. The van der Waals surface area contributed by atoms with Crippen LogP contribution in [-0.2, 0) is 19.1 Å². The van der Waals surface area contributed by atoms with Crippen molar-refractivity contribution in [3.63, 3.8) is 0 Å². The second kappa shape index (κ2) is 22.1. The summed E-state index contributed by atoms with van der Waals surface area (Å²) in [5, 5.41) is 0. The molecule has 3 aromatic carbocycles. The number of benzene rings is 3. The maximum absolute atomic E-state index is 13.0. The predicted molar refractivity (Wildman–Crippen MR) is 202 cm³/mol. The number of furan rings is 1. The molecule has 11 nitrogen and oxygen atoms in total. The highest BCUT2D eigenvalue weighted by molar-refractivity contribution is 5.92. The fourth-order valence-electron chi connectivity index (χ4n) is 5.16. The van der Waals surface area contributed by atoms with Crippen molar-refractivity contribution >= 4 is 23.9 Å². The number of carbonyl (C=O) groups is 4. The summed E-state index contributed by atoms with van der Waals surface area (Å²) in [5.41, 5.74) is 2.05. The molecule has 4 rings (SSSR count). The van der Waals surface area contributed by atoms with Crippen LogP contribution in [-0.4, -0.2) is 50.3 Å². The summed E-state index contributed by atoms with van der Waals surface area (Å²) in [5.74, 6) is 0.418. The smallest absolute Gasteiger partial charge is 0.343 e. The molecule has 284 valence electrons. The highest BCUT2D eigenvalue weighted by Gasteiger charge is 2.17. The van der Waals surface area contributed by atoms with E-state index in [9.17, 15) is 19.2 Å². The average Bonchev–Trinajstić information content (AvgIpc) is 3.65. The van der Waals surface area contributed by atoms with Gasteiger partial charge in [-0.2, -0.15) is 0 Å². The molecule has 0 aliphatic heterocycles. The van der Waals surface area contributed by atoms with Gasteiger partial charge in [0.15, 0.2) is 5.75 Å². The van der Waals surface area contributed by atoms with E-state index >= 15 is 0 Å². The molecular weight excluding hydrogens is 692 g/mol. The topological polar surface area (TPSA) is 137 Å². The molecule has 54 heavy (non-hydrogen) atoms. The summed E-state index contributed by atoms with van der Waals surface area (Å²) in [6, 6.07) is 20.3. The summed E-state index contributed by atoms with van der Waals surface area (Å²) in [6.45, 7) is 10.4. The molecule has 0 unspecified atom stereocenters. The lowest BCUT2D eigenvalue weighted by molar-refractivity contribution is -0.138. The van der Waals surface area contributed by atoms with Crippen LogP contribution in [0.2, 0.25) is 0 Å². The molecule has 0 amide bonds. The average molecular weight is 739 g/mol. The summed E-state index contributed by atoms with van der Waals surface area (Å²) in [6.07, 6.45) is 10.6. The van der Waals surface area contributed by atoms with Gasteiger partial charge in [-0.15, -0.1) is 0 Å². The first-order chi connectivity index (χ1) is 26.3. The quantitative estimate of drug-likeness (QED) is 0.0312. The third-order valence-corrected chi connectivity index (χ3v) is 8.15. The Kier molecular flexibility index (Phi) is 16.6. The summed E-state index contributed by atoms with van der Waals surface area (Å²) < 4.78 is 38.5. The zero-order valence-corrected chi connectivity index (χ0v) is 30.6. The monoisotopic (exact) mass is 738 g/mol. The Hall–Kier alpha value is -6.10. The van der Waals surface area contributed by atoms with E-state index < -0.39 is 23.9 Å². The van der Waals surface area contributed by atoms with Gasteiger partial charge >= 0.3 is 23.9 Å². The second-order valence-electron chi connectivity index (χ2n) is 12.2. The van der Waals surface area contributed by atoms with Gasteiger partial charge in [-0.3, -0.25) is 0 Å². The predicted octanol–water partition coefficient (Wildman–Crippen LogP) is 9.03. The molecule has 0 N–H and O–H groups in total. The van der Waals surface area contributed by atoms with Gasteiger partial charge in [0.1, 0.15) is 29.3 Å². The third-order valence-electron chi connectivity index (χ3n) is 8.15. The minimum Gasteiger partial charge on any atom is -0.494 e. The third kappa shape index (κ3) is 13.5. The number of esters is 4. The molecular formula is C43H46O11. The lowest BCUT2D eigenvalue weighted by Gasteiger charge is -2.11. The molecule has 0 saturated heterocycles. The molecule has 0 spiro atoms. The van der Waals surface area contributed by atoms with Gasteiger partial charge in [0, 0.05) is 29.3 Å². The van der Waals surface area contributed by atoms with Crippen LogP contribution in [0.4, 0.5) is 0 Å². The van der Waals surface area contributed by atoms with Crippen LogP contribution in [0, 0.1) is 6.92 Å². The highest BCUT2D eigenvalue weighted by Crippen LogP contribution is 2.34. The number of hydrogen-bond donors (Lipinski definition) is 0. The molecule has 0 fully saturated rings. The van der Waals surface area contributed by atoms with Crippen LogP contribution in [0.3, 0.4) is 0 Å². The van der Waals surface area contributed by atoms with E-state index in [4.69, 9.17) is 32.8 Å². The van der Waals surface area contributed by atoms with Crippen molar-refractivity contribution in [2.45, 2.75) is 58.3 Å². The maximum Gasteiger partial charge on any atom is 0.343 e. The first-order valence-corrected chi connectivity index (χ1v) is 17.9. The molecule has 0 aliphatic carbocycles. The van der Waals surface area contributed by atoms with Crippen molar-refractivity contribution in [3.8, 4) is 34.3 Å². The van der Waals surface area contributed by atoms with E-state index in [1.807, 2.05) is 13.0 Å². The van der Waals surface area contributed by atoms with Crippen LogP contribution < -0.4 is 18.9 Å². The van der Waals surface area contributed by atoms with Crippen molar-refractivity contribution in [3.05, 3.63) is 121 Å². The normalized spacial score (nSPS) is 10.5. The van der Waals surface area contributed by atoms with Crippen LogP contribution in [0.5, 0.6) is 23.0 Å². The van der Waals surface area contributed by atoms with Crippen molar-refractivity contribution in [1.29, 1.82) is 0 Å². The molecule has 4 aromatic rings. The Labute approximate surface area is 315 Å². The molecule has 0 radical (unpaired) electrons. The minimum atomic E-state index is -0.553. The van der Waals surface area contributed by atoms with E-state index in [0.717, 1.165) is 63.5 Å². The lowest BCUT2D eigenvalue weighted by atomic mass is 10.1. The van der Waals surface area contributed by atoms with Gasteiger partial charge in [0.25, 0.3) is 0 Å². The molecule has 1 heterocycles. The van der Waals surface area contributed by atoms with E-state index in [2.05, 4.69) is 13.2 Å². The van der Waals surface area contributed by atoms with E-state index in [0.29, 0.717) is 71.7 Å². The van der Waals surface area contributed by atoms with Crippen molar-refractivity contribution < 1.29 is 52.0 Å². The van der Waals surface area contributed by atoms with Crippen molar-refractivity contribution in [2.75, 3.05) is 26.4 Å². The Bertz CT molecular complexity index is 1840. The summed E-state index contributed by atoms with van der Waals surface area (Å²) in [7, 11) is 0. The fourth-order valence-corrected chi connectivity index (χ4v) is 5.16. The standard InChI is InChI=1S/C43H46O11/c1-4-40(44)50-27-12-8-6-10-25-48-34-21-17-32(18-22-34)42(46)53-36-29-39(52-30-36)37-15-14-16-38(31(37)3)54-43(47)33-19-23-35(24-20-33)49-26-11-7-9-13-28-51-41(45)5-2/h4-5,14-24,29-30H,1-2,6-13,25-28H2,3H3. The van der Waals surface area contributed by atoms with E-state index in [1.165, 1.54) is 6.26 Å². The Balaban J connectivity index is 1.20. The lowest BCUT2D eigenvalue weighted by Crippen LogP contribution is -2.09. The van der Waals surface area contributed by atoms with Gasteiger partial charge in [0.05, 0.1) is 37.6 Å². The number of unbranched alkanes of at least 4 members (excludes halogenated alkanes) is 6. The molecule has 11 heteroatoms. The second-order valence-corrected chi connectivity index (χ2v) is 12.2. The number of ether oxygens (including phenoxy) is 6. The molecule has 0 bridgehead atoms. The SMILES string of the molecule is C=CC(=O)OCCCCCCOc1ccc(C(=O)Oc2coc(-c3cccc(OC(=O)c4ccc(OCCCCCCOC(=O)C=C)cc4)c3C)c2)cc1. The summed E-state index contributed by atoms with van der Waals surface area (Å²) >= 11 is 0. The Morgan fingerprint density at radius 1 is 0.593 bits per heavy atom. The Morgan fingerprint density at radius 3 is 1.57 bits per heavy atom. The first kappa shape index (κ1) is 40.7. The van der Waals surface area contributed by atoms with Gasteiger partial charge in [-0.1, -0.05) is 25.3 Å². The number of rotatable bonds is 23. The van der Waals surface area contributed by atoms with Crippen molar-refractivity contribution in [2.24, 2.45) is 0 Å². The molecule has 1 aromatic heterocycles. The Morgan fingerprint density at radius 2 is 1.07 bits per heavy atom. The van der Waals surface area contributed by atoms with Crippen LogP contribution >= 0.6 is 0 Å². The zero-order chi connectivity index (χ0) is 38.5. The molecule has 0 aliphatic rings. The van der Waals surface area contributed by atoms with Crippen molar-refractivity contribution in [1.82, 2.24) is 0 Å². The minimum absolute atomic E-state index is 0.227. The van der Waals surface area contributed by atoms with Gasteiger partial charge in [-0.25, -0.2) is 19.2 Å². The van der Waals surface area contributed by atoms with Gasteiger partial charge < -0.3 is 32.8 Å². The maximum atomic E-state index is 13.0. The largest absolute Gasteiger partial charge is 0.494 e.